The Hall–Kier alpha value is -3.11. The number of piperidine rings is 1. The van der Waals surface area contributed by atoms with Gasteiger partial charge in [-0.2, -0.15) is 0 Å². The molecule has 1 fully saturated rings. The van der Waals surface area contributed by atoms with E-state index >= 15 is 0 Å². The lowest BCUT2D eigenvalue weighted by Crippen LogP contribution is -2.42. The number of nitrogens with zero attached hydrogens (tertiary/aromatic N) is 2. The molecule has 1 saturated heterocycles. The Kier molecular flexibility index (Phi) is 8.59. The lowest BCUT2D eigenvalue weighted by Gasteiger charge is -2.37. The van der Waals surface area contributed by atoms with Crippen LogP contribution in [0.25, 0.3) is 10.9 Å². The van der Waals surface area contributed by atoms with Crippen molar-refractivity contribution in [3.8, 4) is 23.3 Å². The molecule has 4 rings (SSSR count). The van der Waals surface area contributed by atoms with Gasteiger partial charge in [-0.25, -0.2) is 0 Å². The van der Waals surface area contributed by atoms with E-state index in [1.807, 2.05) is 48.5 Å². The van der Waals surface area contributed by atoms with Crippen molar-refractivity contribution in [3.63, 3.8) is 0 Å². The van der Waals surface area contributed by atoms with Gasteiger partial charge >= 0.3 is 0 Å². The fraction of sp³-hybridized carbons (Fsp3) is 0.414. The summed E-state index contributed by atoms with van der Waals surface area (Å²) in [5.74, 6) is 8.59. The third-order valence-corrected chi connectivity index (χ3v) is 6.97. The number of aromatic nitrogens is 1. The molecular weight excluding hydrogens is 440 g/mol. The minimum absolute atomic E-state index is 0.149. The predicted molar refractivity (Wildman–Crippen MR) is 137 cm³/mol. The summed E-state index contributed by atoms with van der Waals surface area (Å²) >= 11 is 0. The second-order valence-corrected chi connectivity index (χ2v) is 9.14. The first-order chi connectivity index (χ1) is 17.1. The second kappa shape index (κ2) is 12.0. The van der Waals surface area contributed by atoms with Crippen molar-refractivity contribution >= 4 is 10.9 Å². The number of rotatable bonds is 8. The molecule has 0 saturated carbocycles. The topological polar surface area (TPSA) is 75.1 Å². The molecule has 0 radical (unpaired) electrons. The van der Waals surface area contributed by atoms with E-state index < -0.39 is 6.10 Å². The van der Waals surface area contributed by atoms with Crippen LogP contribution in [-0.2, 0) is 0 Å². The summed E-state index contributed by atoms with van der Waals surface area (Å²) in [5.41, 5.74) is 2.66. The van der Waals surface area contributed by atoms with Crippen molar-refractivity contribution in [2.24, 2.45) is 11.8 Å². The highest BCUT2D eigenvalue weighted by atomic mass is 16.5. The van der Waals surface area contributed by atoms with Crippen LogP contribution in [0.5, 0.6) is 11.5 Å². The molecule has 3 atom stereocenters. The standard InChI is InChI=1S/C29H34N2O4/c1-34-24-7-3-5-21(17-24)6-4-15-31-16-13-22(23(19-31)20-32)8-11-29(33)26-12-14-30-28-10-9-25(35-2)18-27(26)28/h3,5,7,9-10,12,14,17-18,22-23,29,32-33H,8,11,13,15-16,19-20H2,1-2H3/t22-,23-,29+/m1/s1. The number of hydrogen-bond donors (Lipinski definition) is 2. The van der Waals surface area contributed by atoms with Crippen molar-refractivity contribution < 1.29 is 19.7 Å². The Morgan fingerprint density at radius 2 is 1.91 bits per heavy atom. The van der Waals surface area contributed by atoms with E-state index in [0.717, 1.165) is 59.5 Å². The van der Waals surface area contributed by atoms with E-state index in [0.29, 0.717) is 18.9 Å². The van der Waals surface area contributed by atoms with Crippen LogP contribution in [0.2, 0.25) is 0 Å². The minimum Gasteiger partial charge on any atom is -0.497 e. The van der Waals surface area contributed by atoms with Gasteiger partial charge in [-0.3, -0.25) is 9.88 Å². The SMILES string of the molecule is COc1cccc(C#CCN2CC[C@@H](CC[C@H](O)c3ccnc4ccc(OC)cc34)[C@@H](CO)C2)c1. The van der Waals surface area contributed by atoms with Crippen LogP contribution in [0.15, 0.2) is 54.7 Å². The maximum atomic E-state index is 11.0. The van der Waals surface area contributed by atoms with Gasteiger partial charge in [0.2, 0.25) is 0 Å². The number of benzene rings is 2. The smallest absolute Gasteiger partial charge is 0.120 e. The van der Waals surface area contributed by atoms with Crippen molar-refractivity contribution in [2.45, 2.75) is 25.4 Å². The minimum atomic E-state index is -0.585. The maximum absolute atomic E-state index is 11.0. The van der Waals surface area contributed by atoms with Gasteiger partial charge in [0, 0.05) is 30.3 Å². The number of hydrogen-bond acceptors (Lipinski definition) is 6. The average Bonchev–Trinajstić information content (AvgIpc) is 2.91. The van der Waals surface area contributed by atoms with E-state index in [1.165, 1.54) is 0 Å². The Bertz CT molecular complexity index is 1190. The first-order valence-corrected chi connectivity index (χ1v) is 12.2. The quantitative estimate of drug-likeness (QED) is 0.480. The van der Waals surface area contributed by atoms with Gasteiger partial charge in [0.05, 0.1) is 32.4 Å². The summed E-state index contributed by atoms with van der Waals surface area (Å²) in [4.78, 5) is 6.72. The number of pyridine rings is 1. The van der Waals surface area contributed by atoms with Crippen LogP contribution >= 0.6 is 0 Å². The van der Waals surface area contributed by atoms with Crippen molar-refractivity contribution in [3.05, 3.63) is 65.9 Å². The molecule has 0 unspecified atom stereocenters. The summed E-state index contributed by atoms with van der Waals surface area (Å²) < 4.78 is 10.6. The highest BCUT2D eigenvalue weighted by molar-refractivity contribution is 5.83. The molecule has 0 spiro atoms. The molecule has 35 heavy (non-hydrogen) atoms. The highest BCUT2D eigenvalue weighted by Gasteiger charge is 2.29. The fourth-order valence-corrected chi connectivity index (χ4v) is 4.93. The third-order valence-electron chi connectivity index (χ3n) is 6.97. The number of fused-ring (bicyclic) bond motifs is 1. The van der Waals surface area contributed by atoms with Crippen LogP contribution in [-0.4, -0.2) is 60.6 Å². The zero-order valence-electron chi connectivity index (χ0n) is 20.5. The molecule has 0 aliphatic carbocycles. The van der Waals surface area contributed by atoms with E-state index in [2.05, 4.69) is 21.7 Å². The molecule has 2 N–H and O–H groups in total. The summed E-state index contributed by atoms with van der Waals surface area (Å²) in [6.45, 7) is 2.59. The predicted octanol–water partition coefficient (Wildman–Crippen LogP) is 4.05. The summed E-state index contributed by atoms with van der Waals surface area (Å²) in [5, 5.41) is 22.0. The van der Waals surface area contributed by atoms with E-state index in [9.17, 15) is 10.2 Å². The number of methoxy groups -OCH3 is 2. The second-order valence-electron chi connectivity index (χ2n) is 9.14. The fourth-order valence-electron chi connectivity index (χ4n) is 4.93. The van der Waals surface area contributed by atoms with E-state index in [1.54, 1.807) is 20.4 Å². The normalized spacial score (nSPS) is 19.1. The zero-order valence-corrected chi connectivity index (χ0v) is 20.5. The van der Waals surface area contributed by atoms with Crippen LogP contribution in [0.3, 0.4) is 0 Å². The Balaban J connectivity index is 1.33. The van der Waals surface area contributed by atoms with Gasteiger partial charge in [0.15, 0.2) is 0 Å². The van der Waals surface area contributed by atoms with Gasteiger partial charge in [0.25, 0.3) is 0 Å². The Labute approximate surface area is 207 Å². The molecular formula is C29H34N2O4. The first kappa shape index (κ1) is 25.0. The summed E-state index contributed by atoms with van der Waals surface area (Å²) in [7, 11) is 3.29. The first-order valence-electron chi connectivity index (χ1n) is 12.2. The molecule has 3 aromatic rings. The van der Waals surface area contributed by atoms with Gasteiger partial charge in [0.1, 0.15) is 11.5 Å². The van der Waals surface area contributed by atoms with Gasteiger partial charge < -0.3 is 19.7 Å². The molecule has 1 aliphatic rings. The summed E-state index contributed by atoms with van der Waals surface area (Å²) in [6, 6.07) is 15.4. The lowest BCUT2D eigenvalue weighted by atomic mass is 9.81. The lowest BCUT2D eigenvalue weighted by molar-refractivity contribution is 0.0640. The van der Waals surface area contributed by atoms with Crippen molar-refractivity contribution in [1.82, 2.24) is 9.88 Å². The van der Waals surface area contributed by atoms with Crippen molar-refractivity contribution in [1.29, 1.82) is 0 Å². The highest BCUT2D eigenvalue weighted by Crippen LogP contribution is 2.33. The molecule has 0 bridgehead atoms. The number of ether oxygens (including phenoxy) is 2. The molecule has 2 heterocycles. The monoisotopic (exact) mass is 474 g/mol. The number of aliphatic hydroxyl groups is 2. The molecule has 6 nitrogen and oxygen atoms in total. The zero-order chi connectivity index (χ0) is 24.6. The molecule has 6 heteroatoms. The van der Waals surface area contributed by atoms with Crippen LogP contribution in [0.1, 0.15) is 36.5 Å². The summed E-state index contributed by atoms with van der Waals surface area (Å²) in [6.07, 6.45) is 3.66. The molecule has 184 valence electrons. The van der Waals surface area contributed by atoms with Crippen LogP contribution in [0, 0.1) is 23.7 Å². The number of aliphatic hydroxyl groups excluding tert-OH is 2. The van der Waals surface area contributed by atoms with Crippen LogP contribution < -0.4 is 9.47 Å². The maximum Gasteiger partial charge on any atom is 0.120 e. The van der Waals surface area contributed by atoms with Gasteiger partial charge in [-0.05, 0) is 85.7 Å². The molecule has 2 aromatic carbocycles. The van der Waals surface area contributed by atoms with Gasteiger partial charge in [-0.1, -0.05) is 17.9 Å². The average molecular weight is 475 g/mol. The third kappa shape index (κ3) is 6.32. The Morgan fingerprint density at radius 1 is 1.09 bits per heavy atom. The molecule has 1 aliphatic heterocycles. The van der Waals surface area contributed by atoms with Crippen LogP contribution in [0.4, 0.5) is 0 Å². The molecule has 1 aromatic heterocycles. The largest absolute Gasteiger partial charge is 0.497 e. The number of likely N-dealkylation sites (tertiary alicyclic amines) is 1. The van der Waals surface area contributed by atoms with E-state index in [4.69, 9.17) is 9.47 Å². The molecule has 0 amide bonds. The van der Waals surface area contributed by atoms with Gasteiger partial charge in [-0.15, -0.1) is 0 Å². The Morgan fingerprint density at radius 3 is 2.71 bits per heavy atom. The van der Waals surface area contributed by atoms with Crippen molar-refractivity contribution in [2.75, 3.05) is 40.5 Å². The van der Waals surface area contributed by atoms with E-state index in [-0.39, 0.29) is 12.5 Å².